The monoisotopic (exact) mass is 478 g/mol. The molecule has 1 fully saturated rings. The second kappa shape index (κ2) is 10.4. The zero-order valence-electron chi connectivity index (χ0n) is 21.0. The van der Waals surface area contributed by atoms with Gasteiger partial charge in [0.2, 0.25) is 5.95 Å². The van der Waals surface area contributed by atoms with Crippen LogP contribution in [0.15, 0.2) is 42.5 Å². The van der Waals surface area contributed by atoms with Crippen molar-refractivity contribution in [3.05, 3.63) is 48.0 Å². The quantitative estimate of drug-likeness (QED) is 0.526. The third kappa shape index (κ3) is 5.58. The van der Waals surface area contributed by atoms with Crippen LogP contribution in [-0.4, -0.2) is 52.6 Å². The summed E-state index contributed by atoms with van der Waals surface area (Å²) in [6.45, 7) is 9.98. The molecule has 3 aromatic rings. The Bertz CT molecular complexity index is 1210. The van der Waals surface area contributed by atoms with Gasteiger partial charge in [-0.2, -0.15) is 0 Å². The molecule has 1 N–H and O–H groups in total. The summed E-state index contributed by atoms with van der Waals surface area (Å²) in [6, 6.07) is 12.8. The Morgan fingerprint density at radius 1 is 1.00 bits per heavy atom. The molecule has 186 valence electrons. The van der Waals surface area contributed by atoms with E-state index in [1.807, 2.05) is 40.7 Å². The summed E-state index contributed by atoms with van der Waals surface area (Å²) in [5.41, 5.74) is 1.89. The number of anilines is 1. The molecule has 1 aromatic heterocycles. The van der Waals surface area contributed by atoms with E-state index in [2.05, 4.69) is 31.1 Å². The number of amides is 2. The Balaban J connectivity index is 1.53. The number of nitrogens with one attached hydrogen (secondary N) is 1. The van der Waals surface area contributed by atoms with Gasteiger partial charge in [-0.1, -0.05) is 12.1 Å². The van der Waals surface area contributed by atoms with Crippen LogP contribution in [0.5, 0.6) is 11.5 Å². The van der Waals surface area contributed by atoms with E-state index in [1.165, 1.54) is 0 Å². The van der Waals surface area contributed by atoms with Crippen LogP contribution in [0.25, 0.3) is 11.0 Å². The Kier molecular flexibility index (Phi) is 7.28. The van der Waals surface area contributed by atoms with E-state index in [9.17, 15) is 9.59 Å². The summed E-state index contributed by atoms with van der Waals surface area (Å²) in [5, 5.41) is 2.96. The van der Waals surface area contributed by atoms with Gasteiger partial charge in [-0.05, 0) is 77.3 Å². The lowest BCUT2D eigenvalue weighted by Crippen LogP contribution is -2.38. The first-order valence-corrected chi connectivity index (χ1v) is 12.2. The number of benzene rings is 2. The molecule has 1 aliphatic heterocycles. The van der Waals surface area contributed by atoms with Gasteiger partial charge < -0.3 is 18.9 Å². The third-order valence-electron chi connectivity index (χ3n) is 6.02. The number of carbonyl (C=O) groups is 2. The Morgan fingerprint density at radius 3 is 2.46 bits per heavy atom. The number of imidazole rings is 1. The highest BCUT2D eigenvalue weighted by molar-refractivity contribution is 6.04. The normalized spacial score (nSPS) is 14.1. The second-order valence-corrected chi connectivity index (χ2v) is 9.71. The van der Waals surface area contributed by atoms with E-state index in [4.69, 9.17) is 9.47 Å². The van der Waals surface area contributed by atoms with E-state index in [1.54, 1.807) is 18.2 Å². The van der Waals surface area contributed by atoms with Crippen molar-refractivity contribution in [1.29, 1.82) is 0 Å². The minimum atomic E-state index is -0.303. The number of rotatable bonds is 7. The number of likely N-dealkylation sites (tertiary alicyclic amines) is 1. The first-order valence-electron chi connectivity index (χ1n) is 12.2. The minimum Gasteiger partial charge on any atom is -0.490 e. The molecule has 2 amide bonds. The lowest BCUT2D eigenvalue weighted by atomic mass is 10.1. The summed E-state index contributed by atoms with van der Waals surface area (Å²) in [6.07, 6.45) is 3.22. The summed E-state index contributed by atoms with van der Waals surface area (Å²) < 4.78 is 13.5. The fourth-order valence-corrected chi connectivity index (χ4v) is 4.37. The molecule has 0 radical (unpaired) electrons. The number of fused-ring (bicyclic) bond motifs is 1. The SMILES string of the molecule is CCOc1cc(C(=O)Nc2nc3ccccc3n2C(C)(C)C)ccc1OCC(=O)N1CCCCC1. The molecule has 8 heteroatoms. The highest BCUT2D eigenvalue weighted by Gasteiger charge is 2.24. The molecule has 0 unspecified atom stereocenters. The van der Waals surface area contributed by atoms with Gasteiger partial charge in [0.1, 0.15) is 0 Å². The predicted molar refractivity (Wildman–Crippen MR) is 136 cm³/mol. The van der Waals surface area contributed by atoms with Crippen molar-refractivity contribution in [1.82, 2.24) is 14.5 Å². The number of carbonyl (C=O) groups excluding carboxylic acids is 2. The maximum atomic E-state index is 13.2. The molecule has 0 bridgehead atoms. The smallest absolute Gasteiger partial charge is 0.260 e. The van der Waals surface area contributed by atoms with Gasteiger partial charge in [-0.3, -0.25) is 14.9 Å². The van der Waals surface area contributed by atoms with Gasteiger partial charge in [0.25, 0.3) is 11.8 Å². The standard InChI is InChI=1S/C27H34N4O4/c1-5-34-23-17-19(13-14-22(23)35-18-24(32)30-15-9-6-10-16-30)25(33)29-26-28-20-11-7-8-12-21(20)31(26)27(2,3)4/h7-8,11-14,17H,5-6,9-10,15-16,18H2,1-4H3,(H,28,29,33). The maximum Gasteiger partial charge on any atom is 0.260 e. The molecule has 0 aliphatic carbocycles. The topological polar surface area (TPSA) is 85.7 Å². The number of piperidine rings is 1. The van der Waals surface area contributed by atoms with Crippen LogP contribution < -0.4 is 14.8 Å². The molecule has 4 rings (SSSR count). The Labute approximate surface area is 206 Å². The molecule has 0 saturated carbocycles. The van der Waals surface area contributed by atoms with Crippen LogP contribution in [0.1, 0.15) is 57.3 Å². The zero-order valence-corrected chi connectivity index (χ0v) is 21.0. The average Bonchev–Trinajstić information content (AvgIpc) is 3.22. The van der Waals surface area contributed by atoms with Gasteiger partial charge in [0.05, 0.1) is 17.6 Å². The molecule has 1 saturated heterocycles. The second-order valence-electron chi connectivity index (χ2n) is 9.71. The van der Waals surface area contributed by atoms with Crippen molar-refractivity contribution in [3.8, 4) is 11.5 Å². The number of hydrogen-bond donors (Lipinski definition) is 1. The predicted octanol–water partition coefficient (Wildman–Crippen LogP) is 4.83. The number of aromatic nitrogens is 2. The number of hydrogen-bond acceptors (Lipinski definition) is 5. The lowest BCUT2D eigenvalue weighted by Gasteiger charge is -2.26. The molecule has 1 aliphatic rings. The maximum absolute atomic E-state index is 13.2. The number of nitrogens with zero attached hydrogens (tertiary/aromatic N) is 3. The van der Waals surface area contributed by atoms with E-state index in [-0.39, 0.29) is 24.0 Å². The fourth-order valence-electron chi connectivity index (χ4n) is 4.37. The Morgan fingerprint density at radius 2 is 1.74 bits per heavy atom. The molecule has 2 heterocycles. The molecule has 2 aromatic carbocycles. The number of para-hydroxylation sites is 2. The van der Waals surface area contributed by atoms with Crippen molar-refractivity contribution in [2.45, 2.75) is 52.5 Å². The Hall–Kier alpha value is -3.55. The zero-order chi connectivity index (χ0) is 25.0. The fraction of sp³-hybridized carbons (Fsp3) is 0.444. The first kappa shape index (κ1) is 24.6. The van der Waals surface area contributed by atoms with Gasteiger partial charge in [0.15, 0.2) is 18.1 Å². The molecule has 35 heavy (non-hydrogen) atoms. The van der Waals surface area contributed by atoms with E-state index in [0.29, 0.717) is 29.6 Å². The summed E-state index contributed by atoms with van der Waals surface area (Å²) in [4.78, 5) is 32.2. The largest absolute Gasteiger partial charge is 0.490 e. The van der Waals surface area contributed by atoms with Crippen LogP contribution in [0, 0.1) is 0 Å². The van der Waals surface area contributed by atoms with Crippen molar-refractivity contribution in [3.63, 3.8) is 0 Å². The average molecular weight is 479 g/mol. The van der Waals surface area contributed by atoms with E-state index >= 15 is 0 Å². The van der Waals surface area contributed by atoms with Gasteiger partial charge >= 0.3 is 0 Å². The van der Waals surface area contributed by atoms with Gasteiger partial charge in [-0.15, -0.1) is 0 Å². The van der Waals surface area contributed by atoms with Crippen LogP contribution in [0.2, 0.25) is 0 Å². The van der Waals surface area contributed by atoms with Crippen LogP contribution in [0.4, 0.5) is 5.95 Å². The molecule has 0 atom stereocenters. The summed E-state index contributed by atoms with van der Waals surface area (Å²) in [7, 11) is 0. The highest BCUT2D eigenvalue weighted by Crippen LogP contribution is 2.31. The minimum absolute atomic E-state index is 0.0324. The van der Waals surface area contributed by atoms with Crippen LogP contribution in [0.3, 0.4) is 0 Å². The number of ether oxygens (including phenoxy) is 2. The summed E-state index contributed by atoms with van der Waals surface area (Å²) >= 11 is 0. The molecule has 0 spiro atoms. The van der Waals surface area contributed by atoms with Gasteiger partial charge in [0, 0.05) is 24.2 Å². The summed E-state index contributed by atoms with van der Waals surface area (Å²) in [5.74, 6) is 1.01. The molecule has 8 nitrogen and oxygen atoms in total. The van der Waals surface area contributed by atoms with Crippen molar-refractivity contribution in [2.75, 3.05) is 31.6 Å². The van der Waals surface area contributed by atoms with E-state index < -0.39 is 0 Å². The first-order chi connectivity index (χ1) is 16.8. The van der Waals surface area contributed by atoms with Gasteiger partial charge in [-0.25, -0.2) is 4.98 Å². The van der Waals surface area contributed by atoms with Crippen molar-refractivity contribution >= 4 is 28.8 Å². The van der Waals surface area contributed by atoms with E-state index in [0.717, 1.165) is 43.4 Å². The molecular formula is C27H34N4O4. The third-order valence-corrected chi connectivity index (χ3v) is 6.02. The van der Waals surface area contributed by atoms with Crippen LogP contribution >= 0.6 is 0 Å². The van der Waals surface area contributed by atoms with Crippen LogP contribution in [-0.2, 0) is 10.3 Å². The van der Waals surface area contributed by atoms with Crippen molar-refractivity contribution < 1.29 is 19.1 Å². The highest BCUT2D eigenvalue weighted by atomic mass is 16.5. The lowest BCUT2D eigenvalue weighted by molar-refractivity contribution is -0.134. The van der Waals surface area contributed by atoms with Crippen molar-refractivity contribution in [2.24, 2.45) is 0 Å². The molecular weight excluding hydrogens is 444 g/mol.